The van der Waals surface area contributed by atoms with Gasteiger partial charge in [0, 0.05) is 24.4 Å². The molecule has 0 bridgehead atoms. The summed E-state index contributed by atoms with van der Waals surface area (Å²) in [6.45, 7) is 2.26. The molecule has 3 rings (SSSR count). The lowest BCUT2D eigenvalue weighted by molar-refractivity contribution is -0.118. The quantitative estimate of drug-likeness (QED) is 0.624. The molecule has 0 atom stereocenters. The van der Waals surface area contributed by atoms with Crippen LogP contribution >= 0.6 is 11.3 Å². The number of ether oxygens (including phenoxy) is 1. The van der Waals surface area contributed by atoms with Gasteiger partial charge in [0.05, 0.1) is 18.4 Å². The average Bonchev–Trinajstić information content (AvgIpc) is 3.15. The first-order valence-corrected chi connectivity index (χ1v) is 9.48. The Bertz CT molecular complexity index is 872. The number of hydrogen-bond donors (Lipinski definition) is 1. The minimum absolute atomic E-state index is 0.0229. The zero-order valence-corrected chi connectivity index (χ0v) is 15.8. The van der Waals surface area contributed by atoms with Gasteiger partial charge in [-0.1, -0.05) is 36.4 Å². The second-order valence-corrected chi connectivity index (χ2v) is 6.88. The third-order valence-electron chi connectivity index (χ3n) is 4.11. The van der Waals surface area contributed by atoms with Crippen molar-refractivity contribution < 1.29 is 9.53 Å². The van der Waals surface area contributed by atoms with Crippen molar-refractivity contribution in [2.75, 3.05) is 13.7 Å². The van der Waals surface area contributed by atoms with E-state index in [1.807, 2.05) is 24.3 Å². The summed E-state index contributed by atoms with van der Waals surface area (Å²) in [6, 6.07) is 16.4. The zero-order chi connectivity index (χ0) is 18.4. The largest absolute Gasteiger partial charge is 0.496 e. The van der Waals surface area contributed by atoms with Crippen LogP contribution in [0.25, 0.3) is 21.8 Å². The van der Waals surface area contributed by atoms with Crippen LogP contribution in [0.4, 0.5) is 0 Å². The molecule has 26 heavy (non-hydrogen) atoms. The molecular weight excluding hydrogens is 344 g/mol. The van der Waals surface area contributed by atoms with Gasteiger partial charge in [-0.3, -0.25) is 4.79 Å². The highest BCUT2D eigenvalue weighted by molar-refractivity contribution is 7.13. The molecule has 4 nitrogen and oxygen atoms in total. The summed E-state index contributed by atoms with van der Waals surface area (Å²) in [5.41, 5.74) is 4.36. The smallest absolute Gasteiger partial charge is 0.216 e. The van der Waals surface area contributed by atoms with Crippen molar-refractivity contribution in [1.82, 2.24) is 10.3 Å². The molecule has 3 aromatic rings. The number of carbonyl (C=O) groups excluding carboxylic acids is 1. The first kappa shape index (κ1) is 18.1. The lowest BCUT2D eigenvalue weighted by Gasteiger charge is -2.05. The second-order valence-electron chi connectivity index (χ2n) is 6.02. The summed E-state index contributed by atoms with van der Waals surface area (Å²) in [6.07, 6.45) is 1.89. The molecule has 1 amide bonds. The maximum absolute atomic E-state index is 10.9. The van der Waals surface area contributed by atoms with Crippen LogP contribution in [0.3, 0.4) is 0 Å². The molecule has 0 aliphatic rings. The molecule has 0 unspecified atom stereocenters. The number of aryl methyl sites for hydroxylation is 1. The summed E-state index contributed by atoms with van der Waals surface area (Å²) in [7, 11) is 1.68. The number of amides is 1. The van der Waals surface area contributed by atoms with E-state index in [9.17, 15) is 4.79 Å². The van der Waals surface area contributed by atoms with Crippen molar-refractivity contribution in [1.29, 1.82) is 0 Å². The van der Waals surface area contributed by atoms with Crippen molar-refractivity contribution >= 4 is 17.2 Å². The van der Waals surface area contributed by atoms with E-state index >= 15 is 0 Å². The minimum Gasteiger partial charge on any atom is -0.496 e. The topological polar surface area (TPSA) is 51.2 Å². The lowest BCUT2D eigenvalue weighted by atomic mass is 10.1. The van der Waals surface area contributed by atoms with E-state index in [-0.39, 0.29) is 5.91 Å². The van der Waals surface area contributed by atoms with Crippen molar-refractivity contribution in [3.8, 4) is 27.6 Å². The molecule has 0 saturated carbocycles. The molecule has 0 radical (unpaired) electrons. The molecule has 5 heteroatoms. The Morgan fingerprint density at radius 3 is 2.65 bits per heavy atom. The van der Waals surface area contributed by atoms with E-state index in [1.165, 1.54) is 5.56 Å². The highest BCUT2D eigenvalue weighted by atomic mass is 32.1. The zero-order valence-electron chi connectivity index (χ0n) is 15.0. The summed E-state index contributed by atoms with van der Waals surface area (Å²) >= 11 is 1.62. The number of aromatic nitrogens is 1. The number of hydrogen-bond acceptors (Lipinski definition) is 4. The third kappa shape index (κ3) is 4.49. The Hall–Kier alpha value is -2.66. The first-order chi connectivity index (χ1) is 12.7. The summed E-state index contributed by atoms with van der Waals surface area (Å²) in [4.78, 5) is 15.7. The predicted molar refractivity (Wildman–Crippen MR) is 107 cm³/mol. The van der Waals surface area contributed by atoms with E-state index in [4.69, 9.17) is 9.72 Å². The molecule has 2 aromatic carbocycles. The fraction of sp³-hybridized carbons (Fsp3) is 0.238. The van der Waals surface area contributed by atoms with Gasteiger partial charge in [0.15, 0.2) is 0 Å². The van der Waals surface area contributed by atoms with E-state index in [2.05, 4.69) is 35.0 Å². The maximum Gasteiger partial charge on any atom is 0.216 e. The van der Waals surface area contributed by atoms with Gasteiger partial charge in [-0.05, 0) is 30.5 Å². The Kier molecular flexibility index (Phi) is 6.02. The molecule has 1 heterocycles. The number of nitrogens with zero attached hydrogens (tertiary/aromatic N) is 1. The van der Waals surface area contributed by atoms with Gasteiger partial charge in [-0.2, -0.15) is 0 Å². The van der Waals surface area contributed by atoms with Gasteiger partial charge >= 0.3 is 0 Å². The summed E-state index contributed by atoms with van der Waals surface area (Å²) in [5.74, 6) is 0.859. The van der Waals surface area contributed by atoms with E-state index < -0.39 is 0 Å². The SMILES string of the molecule is COc1ccccc1-c1nc(-c2ccc(CCCNC(C)=O)cc2)cs1. The number of thiazole rings is 1. The van der Waals surface area contributed by atoms with Gasteiger partial charge in [0.2, 0.25) is 5.91 Å². The molecule has 1 aromatic heterocycles. The highest BCUT2D eigenvalue weighted by Crippen LogP contribution is 2.34. The fourth-order valence-electron chi connectivity index (χ4n) is 2.75. The molecule has 0 aliphatic carbocycles. The van der Waals surface area contributed by atoms with Crippen LogP contribution in [0, 0.1) is 0 Å². The Balaban J connectivity index is 1.68. The van der Waals surface area contributed by atoms with Crippen molar-refractivity contribution in [2.45, 2.75) is 19.8 Å². The second kappa shape index (κ2) is 8.63. The number of rotatable bonds is 7. The number of nitrogens with one attached hydrogen (secondary N) is 1. The molecular formula is C21H22N2O2S. The van der Waals surface area contributed by atoms with Gasteiger partial charge in [-0.25, -0.2) is 4.98 Å². The van der Waals surface area contributed by atoms with Gasteiger partial charge in [-0.15, -0.1) is 11.3 Å². The standard InChI is InChI=1S/C21H22N2O2S/c1-15(24)22-13-5-6-16-9-11-17(12-10-16)19-14-26-21(23-19)18-7-3-4-8-20(18)25-2/h3-4,7-12,14H,5-6,13H2,1-2H3,(H,22,24). The maximum atomic E-state index is 10.9. The summed E-state index contributed by atoms with van der Waals surface area (Å²) < 4.78 is 5.43. The molecule has 1 N–H and O–H groups in total. The number of benzene rings is 2. The average molecular weight is 366 g/mol. The van der Waals surface area contributed by atoms with E-state index in [0.717, 1.165) is 40.4 Å². The van der Waals surface area contributed by atoms with Crippen LogP contribution in [-0.2, 0) is 11.2 Å². The van der Waals surface area contributed by atoms with Crippen LogP contribution in [-0.4, -0.2) is 24.5 Å². The monoisotopic (exact) mass is 366 g/mol. The van der Waals surface area contributed by atoms with Crippen LogP contribution in [0.5, 0.6) is 5.75 Å². The van der Waals surface area contributed by atoms with Crippen LogP contribution < -0.4 is 10.1 Å². The Labute approximate surface area is 157 Å². The molecule has 0 aliphatic heterocycles. The lowest BCUT2D eigenvalue weighted by Crippen LogP contribution is -2.21. The normalized spacial score (nSPS) is 10.5. The van der Waals surface area contributed by atoms with Crippen LogP contribution in [0.2, 0.25) is 0 Å². The predicted octanol–water partition coefficient (Wildman–Crippen LogP) is 4.55. The summed E-state index contributed by atoms with van der Waals surface area (Å²) in [5, 5.41) is 5.86. The number of methoxy groups -OCH3 is 1. The Morgan fingerprint density at radius 2 is 1.92 bits per heavy atom. The van der Waals surface area contributed by atoms with E-state index in [0.29, 0.717) is 6.54 Å². The van der Waals surface area contributed by atoms with Crippen molar-refractivity contribution in [3.63, 3.8) is 0 Å². The van der Waals surface area contributed by atoms with Gasteiger partial charge < -0.3 is 10.1 Å². The number of carbonyl (C=O) groups is 1. The van der Waals surface area contributed by atoms with E-state index in [1.54, 1.807) is 25.4 Å². The van der Waals surface area contributed by atoms with Gasteiger partial charge in [0.25, 0.3) is 0 Å². The molecule has 0 spiro atoms. The number of para-hydroxylation sites is 1. The fourth-order valence-corrected chi connectivity index (χ4v) is 3.61. The Morgan fingerprint density at radius 1 is 1.15 bits per heavy atom. The third-order valence-corrected chi connectivity index (χ3v) is 4.98. The molecule has 0 saturated heterocycles. The highest BCUT2D eigenvalue weighted by Gasteiger charge is 2.10. The minimum atomic E-state index is 0.0229. The van der Waals surface area contributed by atoms with Crippen molar-refractivity contribution in [2.24, 2.45) is 0 Å². The van der Waals surface area contributed by atoms with Crippen molar-refractivity contribution in [3.05, 3.63) is 59.5 Å². The molecule has 134 valence electrons. The molecule has 0 fully saturated rings. The van der Waals surface area contributed by atoms with Crippen LogP contribution in [0.1, 0.15) is 18.9 Å². The van der Waals surface area contributed by atoms with Crippen LogP contribution in [0.15, 0.2) is 53.9 Å². The first-order valence-electron chi connectivity index (χ1n) is 8.60. The van der Waals surface area contributed by atoms with Gasteiger partial charge in [0.1, 0.15) is 10.8 Å².